The number of aliphatic imine (C=N–C) groups is 1. The molecule has 0 aliphatic carbocycles. The molecule has 5 heterocycles. The molecular formula is C26H30N6O3S. The lowest BCUT2D eigenvalue weighted by atomic mass is 10.0. The summed E-state index contributed by atoms with van der Waals surface area (Å²) in [6, 6.07) is 6.36. The number of anilines is 1. The number of hydrogen-bond acceptors (Lipinski definition) is 9. The third kappa shape index (κ3) is 4.39. The van der Waals surface area contributed by atoms with Crippen LogP contribution in [0.15, 0.2) is 28.6 Å². The van der Waals surface area contributed by atoms with Gasteiger partial charge in [-0.1, -0.05) is 18.2 Å². The molecule has 9 nitrogen and oxygen atoms in total. The minimum absolute atomic E-state index is 0.192. The van der Waals surface area contributed by atoms with Gasteiger partial charge in [-0.3, -0.25) is 14.7 Å². The third-order valence-electron chi connectivity index (χ3n) is 7.14. The molecular weight excluding hydrogens is 476 g/mol. The van der Waals surface area contributed by atoms with Crippen LogP contribution in [0.1, 0.15) is 23.6 Å². The summed E-state index contributed by atoms with van der Waals surface area (Å²) >= 11 is 1.70. The second-order valence-electron chi connectivity index (χ2n) is 9.54. The number of fused-ring (bicyclic) bond motifs is 2. The molecule has 0 bridgehead atoms. The fourth-order valence-electron chi connectivity index (χ4n) is 5.13. The molecule has 1 aromatic carbocycles. The molecule has 0 saturated carbocycles. The van der Waals surface area contributed by atoms with Crippen LogP contribution in [-0.2, 0) is 22.6 Å². The van der Waals surface area contributed by atoms with E-state index in [-0.39, 0.29) is 5.91 Å². The Kier molecular flexibility index (Phi) is 6.43. The Hall–Kier alpha value is -2.92. The average molecular weight is 507 g/mol. The Morgan fingerprint density at radius 1 is 1.14 bits per heavy atom. The third-order valence-corrected chi connectivity index (χ3v) is 8.16. The molecule has 1 amide bonds. The van der Waals surface area contributed by atoms with E-state index >= 15 is 0 Å². The number of thiophene rings is 1. The van der Waals surface area contributed by atoms with E-state index in [0.29, 0.717) is 32.8 Å². The SMILES string of the molecule is C[C@@H](O)C(=O)N1CCN(Cc2csc3c(-c4cccc5c4C=NC5)nc(N4CCOCC4)nc23)CC1. The maximum atomic E-state index is 12.2. The molecule has 6 rings (SSSR count). The summed E-state index contributed by atoms with van der Waals surface area (Å²) in [4.78, 5) is 33.2. The van der Waals surface area contributed by atoms with Crippen molar-refractivity contribution in [2.45, 2.75) is 26.1 Å². The fraction of sp³-hybridized carbons (Fsp3) is 0.462. The van der Waals surface area contributed by atoms with Crippen LogP contribution in [0.2, 0.25) is 0 Å². The van der Waals surface area contributed by atoms with Gasteiger partial charge in [0, 0.05) is 68.7 Å². The van der Waals surface area contributed by atoms with Gasteiger partial charge in [-0.25, -0.2) is 9.97 Å². The van der Waals surface area contributed by atoms with Crippen molar-refractivity contribution in [2.24, 2.45) is 4.99 Å². The smallest absolute Gasteiger partial charge is 0.251 e. The summed E-state index contributed by atoms with van der Waals surface area (Å²) in [5.74, 6) is 0.558. The normalized spacial score (nSPS) is 19.2. The number of amides is 1. The van der Waals surface area contributed by atoms with Gasteiger partial charge in [-0.05, 0) is 17.9 Å². The largest absolute Gasteiger partial charge is 0.384 e. The zero-order valence-corrected chi connectivity index (χ0v) is 21.2. The van der Waals surface area contributed by atoms with Gasteiger partial charge in [0.2, 0.25) is 5.95 Å². The van der Waals surface area contributed by atoms with Crippen molar-refractivity contribution in [2.75, 3.05) is 57.4 Å². The summed E-state index contributed by atoms with van der Waals surface area (Å²) in [5.41, 5.74) is 6.64. The Morgan fingerprint density at radius 2 is 1.94 bits per heavy atom. The first-order valence-electron chi connectivity index (χ1n) is 12.5. The predicted molar refractivity (Wildman–Crippen MR) is 141 cm³/mol. The van der Waals surface area contributed by atoms with E-state index in [9.17, 15) is 9.90 Å². The average Bonchev–Trinajstić information content (AvgIpc) is 3.56. The maximum absolute atomic E-state index is 12.2. The number of benzene rings is 1. The Labute approximate surface area is 214 Å². The van der Waals surface area contributed by atoms with Crippen molar-refractivity contribution >= 4 is 39.6 Å². The van der Waals surface area contributed by atoms with E-state index in [4.69, 9.17) is 14.7 Å². The Bertz CT molecular complexity index is 1310. The molecule has 0 radical (unpaired) electrons. The van der Waals surface area contributed by atoms with Crippen LogP contribution < -0.4 is 4.90 Å². The first-order chi connectivity index (χ1) is 17.6. The molecule has 0 spiro atoms. The van der Waals surface area contributed by atoms with Crippen molar-refractivity contribution < 1.29 is 14.6 Å². The van der Waals surface area contributed by atoms with Gasteiger partial charge in [0.15, 0.2) is 0 Å². The van der Waals surface area contributed by atoms with Crippen LogP contribution >= 0.6 is 11.3 Å². The van der Waals surface area contributed by atoms with Crippen LogP contribution in [0.25, 0.3) is 21.5 Å². The van der Waals surface area contributed by atoms with Gasteiger partial charge >= 0.3 is 0 Å². The summed E-state index contributed by atoms with van der Waals surface area (Å²) < 4.78 is 6.67. The number of aliphatic hydroxyl groups is 1. The van der Waals surface area contributed by atoms with Crippen LogP contribution in [0.5, 0.6) is 0 Å². The maximum Gasteiger partial charge on any atom is 0.251 e. The number of aromatic nitrogens is 2. The molecule has 0 unspecified atom stereocenters. The molecule has 3 aliphatic rings. The molecule has 1 atom stereocenters. The van der Waals surface area contributed by atoms with Crippen LogP contribution in [0, 0.1) is 0 Å². The van der Waals surface area contributed by atoms with E-state index in [2.05, 4.69) is 38.4 Å². The van der Waals surface area contributed by atoms with E-state index < -0.39 is 6.10 Å². The van der Waals surface area contributed by atoms with Crippen molar-refractivity contribution in [1.29, 1.82) is 0 Å². The van der Waals surface area contributed by atoms with Crippen molar-refractivity contribution in [3.63, 3.8) is 0 Å². The number of ether oxygens (including phenoxy) is 1. The molecule has 2 aromatic heterocycles. The predicted octanol–water partition coefficient (Wildman–Crippen LogP) is 2.15. The zero-order valence-electron chi connectivity index (χ0n) is 20.4. The van der Waals surface area contributed by atoms with Crippen LogP contribution in [0.4, 0.5) is 5.95 Å². The number of piperazine rings is 1. The molecule has 1 N–H and O–H groups in total. The first-order valence-corrected chi connectivity index (χ1v) is 13.4. The highest BCUT2D eigenvalue weighted by Crippen LogP contribution is 2.38. The van der Waals surface area contributed by atoms with Gasteiger partial charge in [0.05, 0.1) is 35.7 Å². The van der Waals surface area contributed by atoms with Crippen molar-refractivity contribution in [3.8, 4) is 11.3 Å². The molecule has 3 aliphatic heterocycles. The summed E-state index contributed by atoms with van der Waals surface area (Å²) in [6.45, 7) is 8.71. The first kappa shape index (κ1) is 23.5. The topological polar surface area (TPSA) is 94.4 Å². The Balaban J connectivity index is 1.35. The highest BCUT2D eigenvalue weighted by Gasteiger charge is 2.26. The molecule has 10 heteroatoms. The highest BCUT2D eigenvalue weighted by molar-refractivity contribution is 7.17. The van der Waals surface area contributed by atoms with Crippen molar-refractivity contribution in [1.82, 2.24) is 19.8 Å². The highest BCUT2D eigenvalue weighted by atomic mass is 32.1. The second-order valence-corrected chi connectivity index (χ2v) is 10.4. The van der Waals surface area contributed by atoms with Gasteiger partial charge in [-0.2, -0.15) is 0 Å². The quantitative estimate of drug-likeness (QED) is 0.567. The number of aliphatic hydroxyl groups excluding tert-OH is 1. The Morgan fingerprint density at radius 3 is 2.72 bits per heavy atom. The van der Waals surface area contributed by atoms with Crippen LogP contribution in [-0.4, -0.2) is 95.6 Å². The summed E-state index contributed by atoms with van der Waals surface area (Å²) in [5, 5.41) is 11.8. The number of carbonyl (C=O) groups is 1. The number of nitrogens with zero attached hydrogens (tertiary/aromatic N) is 6. The molecule has 3 aromatic rings. The van der Waals surface area contributed by atoms with E-state index in [1.165, 1.54) is 18.1 Å². The minimum Gasteiger partial charge on any atom is -0.384 e. The molecule has 188 valence electrons. The van der Waals surface area contributed by atoms with Gasteiger partial charge in [0.25, 0.3) is 5.91 Å². The van der Waals surface area contributed by atoms with Gasteiger partial charge in [0.1, 0.15) is 6.10 Å². The number of rotatable bonds is 5. The zero-order chi connectivity index (χ0) is 24.6. The fourth-order valence-corrected chi connectivity index (χ4v) is 6.13. The monoisotopic (exact) mass is 506 g/mol. The molecule has 36 heavy (non-hydrogen) atoms. The minimum atomic E-state index is -0.949. The van der Waals surface area contributed by atoms with E-state index in [1.54, 1.807) is 16.2 Å². The molecule has 2 saturated heterocycles. The number of morpholine rings is 1. The molecule has 2 fully saturated rings. The summed E-state index contributed by atoms with van der Waals surface area (Å²) in [7, 11) is 0. The standard InChI is InChI=1S/C26H30N6O3S/c1-17(33)25(34)31-7-5-30(6-8-31)15-19-16-36-24-22(19)28-26(32-9-11-35-12-10-32)29-23(24)20-4-2-3-18-13-27-14-21(18)20/h2-4,14,16-17,33H,5-13,15H2,1H3/t17-/m1/s1. The lowest BCUT2D eigenvalue weighted by Crippen LogP contribution is -2.50. The summed E-state index contributed by atoms with van der Waals surface area (Å²) in [6.07, 6.45) is 1.02. The van der Waals surface area contributed by atoms with Gasteiger partial charge in [-0.15, -0.1) is 11.3 Å². The lowest BCUT2D eigenvalue weighted by Gasteiger charge is -2.35. The second kappa shape index (κ2) is 9.85. The lowest BCUT2D eigenvalue weighted by molar-refractivity contribution is -0.141. The van der Waals surface area contributed by atoms with E-state index in [0.717, 1.165) is 65.7 Å². The van der Waals surface area contributed by atoms with Crippen molar-refractivity contribution in [3.05, 3.63) is 40.3 Å². The van der Waals surface area contributed by atoms with Crippen LogP contribution in [0.3, 0.4) is 0 Å². The number of carbonyl (C=O) groups excluding carboxylic acids is 1. The van der Waals surface area contributed by atoms with E-state index in [1.807, 2.05) is 6.21 Å². The number of hydrogen-bond donors (Lipinski definition) is 1. The van der Waals surface area contributed by atoms with Gasteiger partial charge < -0.3 is 19.6 Å².